The standard InChI is InChI=1S/C14H20N2O/c1-9-4-3-5-12(9)14(17)16-11-6-7-13(15)10(2)8-11/h6-9,12H,3-5,15H2,1-2H3,(H,16,17). The number of hydrogen-bond acceptors (Lipinski definition) is 2. The van der Waals surface area contributed by atoms with E-state index < -0.39 is 0 Å². The monoisotopic (exact) mass is 232 g/mol. The zero-order chi connectivity index (χ0) is 12.4. The molecule has 0 heterocycles. The molecule has 1 fully saturated rings. The third kappa shape index (κ3) is 2.60. The molecule has 1 aliphatic rings. The van der Waals surface area contributed by atoms with Gasteiger partial charge in [0.1, 0.15) is 0 Å². The number of benzene rings is 1. The highest BCUT2D eigenvalue weighted by Crippen LogP contribution is 2.32. The van der Waals surface area contributed by atoms with Crippen molar-refractivity contribution < 1.29 is 4.79 Å². The van der Waals surface area contributed by atoms with Crippen molar-refractivity contribution in [3.63, 3.8) is 0 Å². The van der Waals surface area contributed by atoms with Gasteiger partial charge in [-0.25, -0.2) is 0 Å². The van der Waals surface area contributed by atoms with Crippen LogP contribution in [0.15, 0.2) is 18.2 Å². The molecule has 3 N–H and O–H groups in total. The van der Waals surface area contributed by atoms with E-state index in [9.17, 15) is 4.79 Å². The molecule has 3 heteroatoms. The molecule has 1 aromatic carbocycles. The van der Waals surface area contributed by atoms with Gasteiger partial charge >= 0.3 is 0 Å². The van der Waals surface area contributed by atoms with E-state index in [-0.39, 0.29) is 11.8 Å². The normalized spacial score (nSPS) is 23.6. The van der Waals surface area contributed by atoms with Gasteiger partial charge in [0, 0.05) is 17.3 Å². The van der Waals surface area contributed by atoms with Crippen LogP contribution < -0.4 is 11.1 Å². The van der Waals surface area contributed by atoms with Crippen molar-refractivity contribution in [3.8, 4) is 0 Å². The number of carbonyl (C=O) groups is 1. The van der Waals surface area contributed by atoms with Crippen LogP contribution in [0.5, 0.6) is 0 Å². The molecule has 0 radical (unpaired) electrons. The molecular weight excluding hydrogens is 212 g/mol. The second-order valence-electron chi connectivity index (χ2n) is 5.08. The second-order valence-corrected chi connectivity index (χ2v) is 5.08. The number of anilines is 2. The van der Waals surface area contributed by atoms with E-state index in [0.29, 0.717) is 5.92 Å². The lowest BCUT2D eigenvalue weighted by atomic mass is 9.97. The molecule has 1 saturated carbocycles. The highest BCUT2D eigenvalue weighted by molar-refractivity contribution is 5.93. The Hall–Kier alpha value is -1.51. The first kappa shape index (κ1) is 12.0. The van der Waals surface area contributed by atoms with Crippen LogP contribution in [0.1, 0.15) is 31.7 Å². The molecule has 17 heavy (non-hydrogen) atoms. The molecule has 2 rings (SSSR count). The number of nitrogens with one attached hydrogen (secondary N) is 1. The minimum absolute atomic E-state index is 0.152. The molecule has 2 unspecified atom stereocenters. The SMILES string of the molecule is Cc1cc(NC(=O)C2CCCC2C)ccc1N. The molecule has 0 saturated heterocycles. The molecule has 0 aliphatic heterocycles. The molecule has 0 spiro atoms. The van der Waals surface area contributed by atoms with Crippen molar-refractivity contribution in [2.75, 3.05) is 11.1 Å². The van der Waals surface area contributed by atoms with Crippen LogP contribution in [0.4, 0.5) is 11.4 Å². The number of amides is 1. The second kappa shape index (κ2) is 4.78. The fraction of sp³-hybridized carbons (Fsp3) is 0.500. The Morgan fingerprint density at radius 3 is 2.76 bits per heavy atom. The summed E-state index contributed by atoms with van der Waals surface area (Å²) in [5.74, 6) is 0.830. The minimum atomic E-state index is 0.152. The van der Waals surface area contributed by atoms with Crippen LogP contribution in [0.2, 0.25) is 0 Å². The van der Waals surface area contributed by atoms with E-state index in [0.717, 1.165) is 23.4 Å². The van der Waals surface area contributed by atoms with E-state index in [1.165, 1.54) is 12.8 Å². The lowest BCUT2D eigenvalue weighted by molar-refractivity contribution is -0.120. The average Bonchev–Trinajstić information content (AvgIpc) is 2.70. The number of nitrogens with two attached hydrogens (primary N) is 1. The fourth-order valence-electron chi connectivity index (χ4n) is 2.52. The molecule has 2 atom stereocenters. The van der Waals surface area contributed by atoms with Crippen molar-refractivity contribution in [1.82, 2.24) is 0 Å². The lowest BCUT2D eigenvalue weighted by Crippen LogP contribution is -2.24. The van der Waals surface area contributed by atoms with Gasteiger partial charge in [-0.2, -0.15) is 0 Å². The smallest absolute Gasteiger partial charge is 0.227 e. The largest absolute Gasteiger partial charge is 0.399 e. The van der Waals surface area contributed by atoms with Gasteiger partial charge in [-0.15, -0.1) is 0 Å². The van der Waals surface area contributed by atoms with Gasteiger partial charge in [0.2, 0.25) is 5.91 Å². The maximum atomic E-state index is 12.1. The average molecular weight is 232 g/mol. The van der Waals surface area contributed by atoms with Crippen LogP contribution in [-0.4, -0.2) is 5.91 Å². The van der Waals surface area contributed by atoms with E-state index in [4.69, 9.17) is 5.73 Å². The molecule has 1 amide bonds. The van der Waals surface area contributed by atoms with Gasteiger partial charge in [0.15, 0.2) is 0 Å². The summed E-state index contributed by atoms with van der Waals surface area (Å²) in [6, 6.07) is 5.62. The van der Waals surface area contributed by atoms with Crippen molar-refractivity contribution in [2.24, 2.45) is 11.8 Å². The molecule has 92 valence electrons. The maximum Gasteiger partial charge on any atom is 0.227 e. The number of carbonyl (C=O) groups excluding carboxylic acids is 1. The highest BCUT2D eigenvalue weighted by atomic mass is 16.1. The zero-order valence-corrected chi connectivity index (χ0v) is 10.5. The van der Waals surface area contributed by atoms with Crippen LogP contribution in [-0.2, 0) is 4.79 Å². The number of rotatable bonds is 2. The third-order valence-electron chi connectivity index (χ3n) is 3.74. The predicted octanol–water partition coefficient (Wildman–Crippen LogP) is 2.95. The highest BCUT2D eigenvalue weighted by Gasteiger charge is 2.29. The van der Waals surface area contributed by atoms with Crippen molar-refractivity contribution in [2.45, 2.75) is 33.1 Å². The summed E-state index contributed by atoms with van der Waals surface area (Å²) in [6.07, 6.45) is 3.35. The predicted molar refractivity (Wildman–Crippen MR) is 70.7 cm³/mol. The Labute approximate surface area is 102 Å². The van der Waals surface area contributed by atoms with Gasteiger partial charge < -0.3 is 11.1 Å². The summed E-state index contributed by atoms with van der Waals surface area (Å²) in [5, 5.41) is 2.99. The number of aryl methyl sites for hydroxylation is 1. The summed E-state index contributed by atoms with van der Waals surface area (Å²) in [4.78, 5) is 12.1. The quantitative estimate of drug-likeness (QED) is 0.770. The molecule has 3 nitrogen and oxygen atoms in total. The Balaban J connectivity index is 2.05. The van der Waals surface area contributed by atoms with Crippen molar-refractivity contribution in [1.29, 1.82) is 0 Å². The van der Waals surface area contributed by atoms with Crippen LogP contribution in [0.25, 0.3) is 0 Å². The van der Waals surface area contributed by atoms with E-state index in [1.807, 2.05) is 25.1 Å². The molecule has 1 aromatic rings. The number of nitrogen functional groups attached to an aromatic ring is 1. The van der Waals surface area contributed by atoms with Gasteiger partial charge in [-0.1, -0.05) is 13.3 Å². The topological polar surface area (TPSA) is 55.1 Å². The first-order valence-corrected chi connectivity index (χ1v) is 6.25. The summed E-state index contributed by atoms with van der Waals surface area (Å²) < 4.78 is 0. The van der Waals surface area contributed by atoms with Crippen LogP contribution in [0.3, 0.4) is 0 Å². The maximum absolute atomic E-state index is 12.1. The van der Waals surface area contributed by atoms with E-state index in [1.54, 1.807) is 0 Å². The molecular formula is C14H20N2O. The van der Waals surface area contributed by atoms with Gasteiger partial charge in [-0.05, 0) is 49.4 Å². The molecule has 1 aliphatic carbocycles. The third-order valence-corrected chi connectivity index (χ3v) is 3.74. The van der Waals surface area contributed by atoms with Crippen molar-refractivity contribution in [3.05, 3.63) is 23.8 Å². The Bertz CT molecular complexity index is 428. The Morgan fingerprint density at radius 2 is 2.18 bits per heavy atom. The zero-order valence-electron chi connectivity index (χ0n) is 10.5. The van der Waals surface area contributed by atoms with Gasteiger partial charge in [0.05, 0.1) is 0 Å². The van der Waals surface area contributed by atoms with Crippen LogP contribution >= 0.6 is 0 Å². The molecule has 0 aromatic heterocycles. The Morgan fingerprint density at radius 1 is 1.41 bits per heavy atom. The Kier molecular flexibility index (Phi) is 3.36. The fourth-order valence-corrected chi connectivity index (χ4v) is 2.52. The van der Waals surface area contributed by atoms with Gasteiger partial charge in [-0.3, -0.25) is 4.79 Å². The summed E-state index contributed by atoms with van der Waals surface area (Å²) in [6.45, 7) is 4.11. The summed E-state index contributed by atoms with van der Waals surface area (Å²) in [5.41, 5.74) is 8.36. The first-order chi connectivity index (χ1) is 8.08. The van der Waals surface area contributed by atoms with E-state index in [2.05, 4.69) is 12.2 Å². The molecule has 0 bridgehead atoms. The summed E-state index contributed by atoms with van der Waals surface area (Å²) in [7, 11) is 0. The van der Waals surface area contributed by atoms with Gasteiger partial charge in [0.25, 0.3) is 0 Å². The number of hydrogen-bond donors (Lipinski definition) is 2. The first-order valence-electron chi connectivity index (χ1n) is 6.25. The van der Waals surface area contributed by atoms with Crippen molar-refractivity contribution >= 4 is 17.3 Å². The van der Waals surface area contributed by atoms with E-state index >= 15 is 0 Å². The van der Waals surface area contributed by atoms with Crippen LogP contribution in [0, 0.1) is 18.8 Å². The minimum Gasteiger partial charge on any atom is -0.399 e. The lowest BCUT2D eigenvalue weighted by Gasteiger charge is -2.15. The summed E-state index contributed by atoms with van der Waals surface area (Å²) >= 11 is 0.